The molecule has 4 nitrogen and oxygen atoms in total. The van der Waals surface area contributed by atoms with Gasteiger partial charge in [0.05, 0.1) is 13.1 Å². The average molecular weight is 361 g/mol. The van der Waals surface area contributed by atoms with Crippen LogP contribution < -0.4 is 0 Å². The van der Waals surface area contributed by atoms with Gasteiger partial charge in [-0.05, 0) is 29.0 Å². The van der Waals surface area contributed by atoms with E-state index >= 15 is 0 Å². The molecule has 2 aromatic rings. The van der Waals surface area contributed by atoms with Crippen LogP contribution >= 0.6 is 22.7 Å². The van der Waals surface area contributed by atoms with E-state index in [2.05, 4.69) is 18.7 Å². The molecule has 0 bridgehead atoms. The highest BCUT2D eigenvalue weighted by Crippen LogP contribution is 2.23. The third kappa shape index (κ3) is 4.13. The molecule has 0 radical (unpaired) electrons. The predicted molar refractivity (Wildman–Crippen MR) is 97.8 cm³/mol. The number of amides is 2. The van der Waals surface area contributed by atoms with Crippen LogP contribution in [0.4, 0.5) is 0 Å². The first-order chi connectivity index (χ1) is 11.7. The molecular formula is C18H20N2O2S2. The van der Waals surface area contributed by atoms with Gasteiger partial charge in [0.2, 0.25) is 11.8 Å². The maximum atomic E-state index is 12.8. The van der Waals surface area contributed by atoms with Gasteiger partial charge >= 0.3 is 0 Å². The topological polar surface area (TPSA) is 40.6 Å². The molecule has 3 rings (SSSR count). The first-order valence-electron chi connectivity index (χ1n) is 7.89. The molecule has 3 heterocycles. The highest BCUT2D eigenvalue weighted by Gasteiger charge is 2.32. The minimum Gasteiger partial charge on any atom is -0.338 e. The summed E-state index contributed by atoms with van der Waals surface area (Å²) in [4.78, 5) is 30.3. The van der Waals surface area contributed by atoms with Crippen molar-refractivity contribution >= 4 is 34.5 Å². The van der Waals surface area contributed by atoms with Crippen molar-refractivity contribution < 1.29 is 9.59 Å². The van der Waals surface area contributed by atoms with E-state index in [-0.39, 0.29) is 17.7 Å². The van der Waals surface area contributed by atoms with E-state index in [0.29, 0.717) is 32.6 Å². The number of rotatable bonds is 7. The Hall–Kier alpha value is -1.92. The zero-order valence-electron chi connectivity index (χ0n) is 13.4. The third-order valence-corrected chi connectivity index (χ3v) is 5.84. The van der Waals surface area contributed by atoms with Crippen molar-refractivity contribution in [1.29, 1.82) is 0 Å². The monoisotopic (exact) mass is 360 g/mol. The van der Waals surface area contributed by atoms with Gasteiger partial charge in [-0.3, -0.25) is 9.59 Å². The minimum absolute atomic E-state index is 0.0484. The lowest BCUT2D eigenvalue weighted by atomic mass is 9.95. The Morgan fingerprint density at radius 1 is 1.17 bits per heavy atom. The number of hydrogen-bond acceptors (Lipinski definition) is 4. The van der Waals surface area contributed by atoms with Crippen LogP contribution in [0.1, 0.15) is 16.2 Å². The molecule has 0 unspecified atom stereocenters. The Kier molecular flexibility index (Phi) is 5.48. The highest BCUT2D eigenvalue weighted by molar-refractivity contribution is 7.10. The zero-order valence-corrected chi connectivity index (χ0v) is 15.0. The molecule has 1 aliphatic rings. The van der Waals surface area contributed by atoms with E-state index in [4.69, 9.17) is 0 Å². The van der Waals surface area contributed by atoms with Crippen molar-refractivity contribution in [3.63, 3.8) is 0 Å². The summed E-state index contributed by atoms with van der Waals surface area (Å²) < 4.78 is 0. The van der Waals surface area contributed by atoms with Gasteiger partial charge in [-0.2, -0.15) is 0 Å². The average Bonchev–Trinajstić information content (AvgIpc) is 3.22. The Bertz CT molecular complexity index is 652. The molecular weight excluding hydrogens is 340 g/mol. The van der Waals surface area contributed by atoms with Crippen molar-refractivity contribution in [2.45, 2.75) is 19.5 Å². The SMILES string of the molecule is C=CC(=O)N1CC(CC(=O)N(Cc2cccs2)Cc2cccs2)C1. The lowest BCUT2D eigenvalue weighted by molar-refractivity contribution is -0.139. The fourth-order valence-electron chi connectivity index (χ4n) is 2.80. The molecule has 1 saturated heterocycles. The number of carbonyl (C=O) groups excluding carboxylic acids is 2. The molecule has 2 aromatic heterocycles. The molecule has 0 spiro atoms. The summed E-state index contributed by atoms with van der Waals surface area (Å²) in [6, 6.07) is 8.15. The zero-order chi connectivity index (χ0) is 16.9. The van der Waals surface area contributed by atoms with Gasteiger partial charge in [0.1, 0.15) is 0 Å². The largest absolute Gasteiger partial charge is 0.338 e. The third-order valence-electron chi connectivity index (χ3n) is 4.11. The van der Waals surface area contributed by atoms with Crippen molar-refractivity contribution in [2.24, 2.45) is 5.92 Å². The maximum Gasteiger partial charge on any atom is 0.245 e. The van der Waals surface area contributed by atoms with Crippen LogP contribution in [0.5, 0.6) is 0 Å². The van der Waals surface area contributed by atoms with Crippen molar-refractivity contribution in [3.8, 4) is 0 Å². The number of carbonyl (C=O) groups is 2. The number of hydrogen-bond donors (Lipinski definition) is 0. The van der Waals surface area contributed by atoms with Crippen molar-refractivity contribution in [2.75, 3.05) is 13.1 Å². The van der Waals surface area contributed by atoms with E-state index in [0.717, 1.165) is 0 Å². The molecule has 1 aliphatic heterocycles. The van der Waals surface area contributed by atoms with Gasteiger partial charge in [0.25, 0.3) is 0 Å². The lowest BCUT2D eigenvalue weighted by Gasteiger charge is -2.39. The highest BCUT2D eigenvalue weighted by atomic mass is 32.1. The second kappa shape index (κ2) is 7.77. The van der Waals surface area contributed by atoms with Crippen LogP contribution in [0.15, 0.2) is 47.7 Å². The first-order valence-corrected chi connectivity index (χ1v) is 9.65. The molecule has 0 N–H and O–H groups in total. The lowest BCUT2D eigenvalue weighted by Crippen LogP contribution is -2.50. The second-order valence-electron chi connectivity index (χ2n) is 5.93. The van der Waals surface area contributed by atoms with Crippen LogP contribution in [0.3, 0.4) is 0 Å². The number of nitrogens with zero attached hydrogens (tertiary/aromatic N) is 2. The first kappa shape index (κ1) is 16.9. The van der Waals surface area contributed by atoms with Crippen LogP contribution in [-0.4, -0.2) is 34.7 Å². The quantitative estimate of drug-likeness (QED) is 0.710. The van der Waals surface area contributed by atoms with Gasteiger partial charge in [-0.25, -0.2) is 0 Å². The molecule has 6 heteroatoms. The number of likely N-dealkylation sites (tertiary alicyclic amines) is 1. The summed E-state index contributed by atoms with van der Waals surface area (Å²) in [5.41, 5.74) is 0. The molecule has 1 fully saturated rings. The molecule has 24 heavy (non-hydrogen) atoms. The Balaban J connectivity index is 1.59. The van der Waals surface area contributed by atoms with E-state index in [1.165, 1.54) is 15.8 Å². The van der Waals surface area contributed by atoms with E-state index in [1.807, 2.05) is 27.8 Å². The summed E-state index contributed by atoms with van der Waals surface area (Å²) in [7, 11) is 0. The van der Waals surface area contributed by atoms with Crippen LogP contribution in [-0.2, 0) is 22.7 Å². The summed E-state index contributed by atoms with van der Waals surface area (Å²) >= 11 is 3.35. The van der Waals surface area contributed by atoms with Gasteiger partial charge in [-0.1, -0.05) is 18.7 Å². The molecule has 0 atom stereocenters. The van der Waals surface area contributed by atoms with Crippen LogP contribution in [0, 0.1) is 5.92 Å². The smallest absolute Gasteiger partial charge is 0.245 e. The minimum atomic E-state index is -0.0484. The molecule has 126 valence electrons. The standard InChI is InChI=1S/C18H20N2O2S2/c1-2-17(21)19-10-14(11-19)9-18(22)20(12-15-5-3-7-23-15)13-16-6-4-8-24-16/h2-8,14H,1,9-13H2. The van der Waals surface area contributed by atoms with Crippen molar-refractivity contribution in [1.82, 2.24) is 9.80 Å². The summed E-state index contributed by atoms with van der Waals surface area (Å²) in [5, 5.41) is 4.07. The van der Waals surface area contributed by atoms with Gasteiger partial charge < -0.3 is 9.80 Å². The molecule has 2 amide bonds. The van der Waals surface area contributed by atoms with Gasteiger partial charge in [-0.15, -0.1) is 22.7 Å². The fourth-order valence-corrected chi connectivity index (χ4v) is 4.24. The Labute approximate surface area is 150 Å². The predicted octanol–water partition coefficient (Wildman–Crippen LogP) is 3.37. The second-order valence-corrected chi connectivity index (χ2v) is 7.99. The summed E-state index contributed by atoms with van der Waals surface area (Å²) in [5.74, 6) is 0.371. The van der Waals surface area contributed by atoms with Crippen LogP contribution in [0.25, 0.3) is 0 Å². The van der Waals surface area contributed by atoms with Crippen molar-refractivity contribution in [3.05, 3.63) is 57.4 Å². The van der Waals surface area contributed by atoms with E-state index in [9.17, 15) is 9.59 Å². The maximum absolute atomic E-state index is 12.8. The van der Waals surface area contributed by atoms with E-state index in [1.54, 1.807) is 27.6 Å². The van der Waals surface area contributed by atoms with Crippen LogP contribution in [0.2, 0.25) is 0 Å². The Morgan fingerprint density at radius 3 is 2.21 bits per heavy atom. The molecule has 0 aromatic carbocycles. The molecule has 0 aliphatic carbocycles. The normalized spacial score (nSPS) is 14.2. The Morgan fingerprint density at radius 2 is 1.75 bits per heavy atom. The summed E-state index contributed by atoms with van der Waals surface area (Å²) in [6.07, 6.45) is 1.83. The summed E-state index contributed by atoms with van der Waals surface area (Å²) in [6.45, 7) is 6.11. The fraction of sp³-hybridized carbons (Fsp3) is 0.333. The molecule has 0 saturated carbocycles. The number of thiophene rings is 2. The van der Waals surface area contributed by atoms with E-state index < -0.39 is 0 Å². The van der Waals surface area contributed by atoms with Gasteiger partial charge in [0, 0.05) is 35.2 Å². The van der Waals surface area contributed by atoms with Gasteiger partial charge in [0.15, 0.2) is 0 Å².